The number of halogens is 4. The van der Waals surface area contributed by atoms with Crippen LogP contribution < -0.4 is 0 Å². The zero-order valence-electron chi connectivity index (χ0n) is 11.2. The van der Waals surface area contributed by atoms with Gasteiger partial charge < -0.3 is 10.0 Å². The fourth-order valence-electron chi connectivity index (χ4n) is 2.35. The Bertz CT molecular complexity index is 791. The molecule has 126 valence electrons. The van der Waals surface area contributed by atoms with Crippen molar-refractivity contribution in [1.29, 1.82) is 0 Å². The number of hydrogen-bond donors (Lipinski definition) is 1. The number of carboxylic acid groups (broad SMARTS) is 1. The van der Waals surface area contributed by atoms with Crippen molar-refractivity contribution in [3.63, 3.8) is 0 Å². The standard InChI is InChI=1S/C12H9ClF3NO5S/c13-23(21,22)7-3-6-5-17(11(20)12(14,15)16)2-1-8(6)9(4-7)10(18)19/h3-4H,1-2,5H2,(H,18,19). The van der Waals surface area contributed by atoms with Crippen LogP contribution in [0.1, 0.15) is 21.5 Å². The number of amides is 1. The molecule has 1 amide bonds. The molecule has 23 heavy (non-hydrogen) atoms. The van der Waals surface area contributed by atoms with Crippen LogP contribution in [0.5, 0.6) is 0 Å². The van der Waals surface area contributed by atoms with Gasteiger partial charge in [0, 0.05) is 23.8 Å². The first-order valence-electron chi connectivity index (χ1n) is 6.11. The van der Waals surface area contributed by atoms with Crippen LogP contribution in [0.25, 0.3) is 0 Å². The van der Waals surface area contributed by atoms with Gasteiger partial charge in [0.2, 0.25) is 0 Å². The van der Waals surface area contributed by atoms with Crippen molar-refractivity contribution in [1.82, 2.24) is 4.90 Å². The number of carbonyl (C=O) groups excluding carboxylic acids is 1. The molecule has 2 rings (SSSR count). The van der Waals surface area contributed by atoms with Crippen LogP contribution in [0.15, 0.2) is 17.0 Å². The van der Waals surface area contributed by atoms with Crippen molar-refractivity contribution in [2.75, 3.05) is 6.54 Å². The number of alkyl halides is 3. The Morgan fingerprint density at radius 3 is 2.35 bits per heavy atom. The summed E-state index contributed by atoms with van der Waals surface area (Å²) in [6, 6.07) is 1.84. The lowest BCUT2D eigenvalue weighted by Gasteiger charge is -2.30. The summed E-state index contributed by atoms with van der Waals surface area (Å²) >= 11 is 0. The van der Waals surface area contributed by atoms with E-state index in [-0.39, 0.29) is 29.7 Å². The lowest BCUT2D eigenvalue weighted by Crippen LogP contribution is -2.44. The summed E-state index contributed by atoms with van der Waals surface area (Å²) in [6.07, 6.45) is -5.20. The van der Waals surface area contributed by atoms with Gasteiger partial charge in [-0.2, -0.15) is 13.2 Å². The van der Waals surface area contributed by atoms with Gasteiger partial charge in [-0.15, -0.1) is 0 Å². The average Bonchev–Trinajstić information content (AvgIpc) is 2.42. The summed E-state index contributed by atoms with van der Waals surface area (Å²) in [7, 11) is 0.893. The van der Waals surface area contributed by atoms with Crippen LogP contribution >= 0.6 is 10.7 Å². The minimum atomic E-state index is -5.07. The number of nitrogens with zero attached hydrogens (tertiary/aromatic N) is 1. The molecule has 0 aliphatic carbocycles. The van der Waals surface area contributed by atoms with Gasteiger partial charge in [0.1, 0.15) is 0 Å². The smallest absolute Gasteiger partial charge is 0.471 e. The van der Waals surface area contributed by atoms with E-state index in [9.17, 15) is 31.2 Å². The number of rotatable bonds is 2. The molecule has 1 heterocycles. The molecule has 0 fully saturated rings. The fraction of sp³-hybridized carbons (Fsp3) is 0.333. The average molecular weight is 372 g/mol. The van der Waals surface area contributed by atoms with Crippen LogP contribution in [0.4, 0.5) is 13.2 Å². The number of fused-ring (bicyclic) bond motifs is 1. The van der Waals surface area contributed by atoms with E-state index in [2.05, 4.69) is 0 Å². The molecule has 0 atom stereocenters. The molecular weight excluding hydrogens is 363 g/mol. The van der Waals surface area contributed by atoms with E-state index >= 15 is 0 Å². The largest absolute Gasteiger partial charge is 0.478 e. The fourth-order valence-corrected chi connectivity index (χ4v) is 3.16. The monoisotopic (exact) mass is 371 g/mol. The maximum absolute atomic E-state index is 12.5. The zero-order valence-corrected chi connectivity index (χ0v) is 12.8. The third-order valence-corrected chi connectivity index (χ3v) is 4.68. The molecule has 0 bridgehead atoms. The number of aromatic carboxylic acids is 1. The second-order valence-corrected chi connectivity index (χ2v) is 7.39. The molecule has 0 radical (unpaired) electrons. The normalized spacial score (nSPS) is 15.2. The summed E-state index contributed by atoms with van der Waals surface area (Å²) in [6.45, 7) is -0.868. The molecular formula is C12H9ClF3NO5S. The molecule has 0 saturated heterocycles. The Morgan fingerprint density at radius 2 is 1.87 bits per heavy atom. The third kappa shape index (κ3) is 3.58. The summed E-state index contributed by atoms with van der Waals surface area (Å²) in [5, 5.41) is 9.14. The van der Waals surface area contributed by atoms with Crippen molar-refractivity contribution < 1.29 is 36.3 Å². The van der Waals surface area contributed by atoms with Crippen molar-refractivity contribution in [3.05, 3.63) is 28.8 Å². The van der Waals surface area contributed by atoms with Gasteiger partial charge in [-0.05, 0) is 29.7 Å². The van der Waals surface area contributed by atoms with Crippen LogP contribution in [0, 0.1) is 0 Å². The zero-order chi connectivity index (χ0) is 17.6. The second-order valence-electron chi connectivity index (χ2n) is 4.83. The molecule has 0 saturated carbocycles. The van der Waals surface area contributed by atoms with E-state index in [1.807, 2.05) is 0 Å². The first-order valence-corrected chi connectivity index (χ1v) is 8.42. The van der Waals surface area contributed by atoms with E-state index in [1.165, 1.54) is 0 Å². The lowest BCUT2D eigenvalue weighted by atomic mass is 9.94. The predicted octanol–water partition coefficient (Wildman–Crippen LogP) is 1.76. The highest BCUT2D eigenvalue weighted by atomic mass is 35.7. The highest BCUT2D eigenvalue weighted by Crippen LogP contribution is 2.30. The topological polar surface area (TPSA) is 91.8 Å². The maximum Gasteiger partial charge on any atom is 0.471 e. The van der Waals surface area contributed by atoms with Gasteiger partial charge >= 0.3 is 18.1 Å². The van der Waals surface area contributed by atoms with E-state index in [1.54, 1.807) is 0 Å². The van der Waals surface area contributed by atoms with Crippen LogP contribution in [0.3, 0.4) is 0 Å². The van der Waals surface area contributed by atoms with Gasteiger partial charge in [0.05, 0.1) is 10.5 Å². The Hall–Kier alpha value is -1.81. The number of benzene rings is 1. The Kier molecular flexibility index (Phi) is 4.33. The molecule has 1 aromatic rings. The van der Waals surface area contributed by atoms with Gasteiger partial charge in [0.15, 0.2) is 0 Å². The first-order chi connectivity index (χ1) is 10.4. The maximum atomic E-state index is 12.5. The van der Waals surface area contributed by atoms with Crippen molar-refractivity contribution in [2.45, 2.75) is 24.0 Å². The Labute approximate surface area is 132 Å². The van der Waals surface area contributed by atoms with E-state index in [0.29, 0.717) is 4.90 Å². The number of carbonyl (C=O) groups is 2. The SMILES string of the molecule is O=C(O)c1cc(S(=O)(=O)Cl)cc2c1CCN(C(=O)C(F)(F)F)C2. The molecule has 0 spiro atoms. The van der Waals surface area contributed by atoms with Crippen LogP contribution in [-0.4, -0.2) is 43.0 Å². The van der Waals surface area contributed by atoms with Crippen LogP contribution in [0.2, 0.25) is 0 Å². The Morgan fingerprint density at radius 1 is 1.26 bits per heavy atom. The summed E-state index contributed by atoms with van der Waals surface area (Å²) < 4.78 is 60.2. The minimum absolute atomic E-state index is 0.00738. The van der Waals surface area contributed by atoms with Gasteiger partial charge in [-0.1, -0.05) is 0 Å². The van der Waals surface area contributed by atoms with Crippen molar-refractivity contribution in [3.8, 4) is 0 Å². The van der Waals surface area contributed by atoms with Gasteiger partial charge in [0.25, 0.3) is 9.05 Å². The van der Waals surface area contributed by atoms with Crippen LogP contribution in [-0.2, 0) is 26.8 Å². The van der Waals surface area contributed by atoms with E-state index in [4.69, 9.17) is 15.8 Å². The molecule has 6 nitrogen and oxygen atoms in total. The lowest BCUT2D eigenvalue weighted by molar-refractivity contribution is -0.186. The molecule has 0 aromatic heterocycles. The highest BCUT2D eigenvalue weighted by molar-refractivity contribution is 8.13. The molecule has 1 aliphatic heterocycles. The Balaban J connectivity index is 2.52. The molecule has 1 aromatic carbocycles. The van der Waals surface area contributed by atoms with Crippen molar-refractivity contribution >= 4 is 31.6 Å². The molecule has 11 heteroatoms. The summed E-state index contributed by atoms with van der Waals surface area (Å²) in [5.74, 6) is -3.50. The second kappa shape index (κ2) is 5.68. The minimum Gasteiger partial charge on any atom is -0.478 e. The number of carboxylic acids is 1. The van der Waals surface area contributed by atoms with Crippen molar-refractivity contribution in [2.24, 2.45) is 0 Å². The highest BCUT2D eigenvalue weighted by Gasteiger charge is 2.43. The van der Waals surface area contributed by atoms with E-state index < -0.39 is 38.5 Å². The summed E-state index contributed by atoms with van der Waals surface area (Å²) in [5.41, 5.74) is -0.165. The summed E-state index contributed by atoms with van der Waals surface area (Å²) in [4.78, 5) is 22.4. The third-order valence-electron chi connectivity index (χ3n) is 3.35. The first kappa shape index (κ1) is 17.5. The molecule has 0 unspecified atom stereocenters. The molecule has 1 N–H and O–H groups in total. The van der Waals surface area contributed by atoms with Gasteiger partial charge in [-0.3, -0.25) is 4.79 Å². The predicted molar refractivity (Wildman–Crippen MR) is 71.6 cm³/mol. The molecule has 1 aliphatic rings. The van der Waals surface area contributed by atoms with E-state index in [0.717, 1.165) is 12.1 Å². The number of hydrogen-bond acceptors (Lipinski definition) is 4. The quantitative estimate of drug-likeness (QED) is 0.800. The van der Waals surface area contributed by atoms with Gasteiger partial charge in [-0.25, -0.2) is 13.2 Å².